The molecular weight excluding hydrogens is 446 g/mol. The van der Waals surface area contributed by atoms with Crippen LogP contribution in [0.25, 0.3) is 0 Å². The average Bonchev–Trinajstić information content (AvgIpc) is 2.78. The minimum atomic E-state index is -3.93. The number of aryl methyl sites for hydroxylation is 3. The molecule has 0 aromatic heterocycles. The highest BCUT2D eigenvalue weighted by Gasteiger charge is 2.32. The molecule has 0 aliphatic carbocycles. The van der Waals surface area contributed by atoms with E-state index in [4.69, 9.17) is 0 Å². The third-order valence-electron chi connectivity index (χ3n) is 5.85. The van der Waals surface area contributed by atoms with E-state index in [1.165, 1.54) is 16.4 Å². The topological polar surface area (TPSA) is 118 Å². The van der Waals surface area contributed by atoms with Crippen molar-refractivity contribution < 1.29 is 22.9 Å². The molecule has 1 aliphatic heterocycles. The second-order valence-corrected chi connectivity index (χ2v) is 10.1. The number of nitro groups is 1. The molecule has 33 heavy (non-hydrogen) atoms. The molecule has 10 heteroatoms. The summed E-state index contributed by atoms with van der Waals surface area (Å²) in [6.45, 7) is 5.92. The standard InChI is InChI=1S/C23H27N3O6S/c1-16-4-5-17(2)20(14-16)21(27)8-9-23(28)24-10-12-25(13-11-24)33(31,32)22-15-19(26(29)30)7-6-18(22)3/h4-7,14-15H,8-13H2,1-3H3. The minimum absolute atomic E-state index is 0.0585. The molecule has 0 radical (unpaired) electrons. The molecular formula is C23H27N3O6S. The molecule has 1 fully saturated rings. The lowest BCUT2D eigenvalue weighted by Gasteiger charge is -2.34. The zero-order valence-electron chi connectivity index (χ0n) is 18.9. The van der Waals surface area contributed by atoms with Crippen molar-refractivity contribution in [3.8, 4) is 0 Å². The molecule has 0 saturated carbocycles. The number of non-ortho nitro benzene ring substituents is 1. The van der Waals surface area contributed by atoms with Crippen molar-refractivity contribution in [2.75, 3.05) is 26.2 Å². The normalized spacial score (nSPS) is 14.8. The van der Waals surface area contributed by atoms with Gasteiger partial charge in [0.25, 0.3) is 5.69 Å². The number of sulfonamides is 1. The summed E-state index contributed by atoms with van der Waals surface area (Å²) >= 11 is 0. The highest BCUT2D eigenvalue weighted by molar-refractivity contribution is 7.89. The quantitative estimate of drug-likeness (QED) is 0.347. The number of piperazine rings is 1. The number of rotatable bonds is 7. The van der Waals surface area contributed by atoms with Gasteiger partial charge in [0.1, 0.15) is 0 Å². The largest absolute Gasteiger partial charge is 0.340 e. The van der Waals surface area contributed by atoms with Crippen LogP contribution in [-0.4, -0.2) is 60.4 Å². The predicted octanol–water partition coefficient (Wildman–Crippen LogP) is 3.02. The maximum absolute atomic E-state index is 13.0. The van der Waals surface area contributed by atoms with E-state index in [1.807, 2.05) is 32.0 Å². The Balaban J connectivity index is 1.61. The SMILES string of the molecule is Cc1ccc(C)c(C(=O)CCC(=O)N2CCN(S(=O)(=O)c3cc([N+](=O)[O-])ccc3C)CC2)c1. The molecule has 9 nitrogen and oxygen atoms in total. The van der Waals surface area contributed by atoms with Gasteiger partial charge in [-0.2, -0.15) is 4.31 Å². The average molecular weight is 474 g/mol. The van der Waals surface area contributed by atoms with E-state index < -0.39 is 14.9 Å². The third-order valence-corrected chi connectivity index (χ3v) is 7.89. The predicted molar refractivity (Wildman–Crippen MR) is 123 cm³/mol. The van der Waals surface area contributed by atoms with Crippen LogP contribution in [0.1, 0.15) is 39.9 Å². The number of carbonyl (C=O) groups excluding carboxylic acids is 2. The Bertz CT molecular complexity index is 1200. The smallest absolute Gasteiger partial charge is 0.270 e. The molecule has 2 aromatic rings. The summed E-state index contributed by atoms with van der Waals surface area (Å²) in [6, 6.07) is 9.39. The van der Waals surface area contributed by atoms with Gasteiger partial charge in [0.15, 0.2) is 5.78 Å². The number of benzene rings is 2. The van der Waals surface area contributed by atoms with Gasteiger partial charge in [0, 0.05) is 56.7 Å². The molecule has 176 valence electrons. The molecule has 0 unspecified atom stereocenters. The molecule has 0 atom stereocenters. The first-order valence-corrected chi connectivity index (χ1v) is 12.1. The van der Waals surface area contributed by atoms with E-state index in [0.29, 0.717) is 11.1 Å². The number of hydrogen-bond acceptors (Lipinski definition) is 6. The van der Waals surface area contributed by atoms with E-state index in [9.17, 15) is 28.1 Å². The lowest BCUT2D eigenvalue weighted by Crippen LogP contribution is -2.50. The number of amides is 1. The second kappa shape index (κ2) is 9.80. The Hall–Kier alpha value is -3.11. The van der Waals surface area contributed by atoms with Crippen LogP contribution in [0.4, 0.5) is 5.69 Å². The van der Waals surface area contributed by atoms with Crippen LogP contribution in [0, 0.1) is 30.9 Å². The van der Waals surface area contributed by atoms with Crippen molar-refractivity contribution >= 4 is 27.4 Å². The fraction of sp³-hybridized carbons (Fsp3) is 0.391. The Morgan fingerprint density at radius 3 is 2.21 bits per heavy atom. The van der Waals surface area contributed by atoms with Crippen molar-refractivity contribution in [3.05, 3.63) is 68.8 Å². The summed E-state index contributed by atoms with van der Waals surface area (Å²) in [6.07, 6.45) is 0.150. The maximum Gasteiger partial charge on any atom is 0.270 e. The lowest BCUT2D eigenvalue weighted by atomic mass is 9.99. The van der Waals surface area contributed by atoms with Crippen LogP contribution >= 0.6 is 0 Å². The number of hydrogen-bond donors (Lipinski definition) is 0. The first-order chi connectivity index (χ1) is 15.5. The molecule has 3 rings (SSSR count). The molecule has 0 bridgehead atoms. The van der Waals surface area contributed by atoms with Gasteiger partial charge in [-0.15, -0.1) is 0 Å². The van der Waals surface area contributed by atoms with E-state index >= 15 is 0 Å². The minimum Gasteiger partial charge on any atom is -0.340 e. The van der Waals surface area contributed by atoms with Crippen molar-refractivity contribution in [1.82, 2.24) is 9.21 Å². The molecule has 1 aliphatic rings. The van der Waals surface area contributed by atoms with E-state index in [1.54, 1.807) is 11.8 Å². The number of nitro benzene ring substituents is 1. The zero-order valence-corrected chi connectivity index (χ0v) is 19.7. The van der Waals surface area contributed by atoms with Gasteiger partial charge in [-0.05, 0) is 38.0 Å². The molecule has 1 saturated heterocycles. The van der Waals surface area contributed by atoms with Gasteiger partial charge in [-0.3, -0.25) is 19.7 Å². The van der Waals surface area contributed by atoms with Gasteiger partial charge >= 0.3 is 0 Å². The van der Waals surface area contributed by atoms with Gasteiger partial charge in [0.2, 0.25) is 15.9 Å². The van der Waals surface area contributed by atoms with Crippen molar-refractivity contribution in [1.29, 1.82) is 0 Å². The van der Waals surface area contributed by atoms with Crippen LogP contribution < -0.4 is 0 Å². The maximum atomic E-state index is 13.0. The number of carbonyl (C=O) groups is 2. The number of Topliss-reactive ketones (excluding diaryl/α,β-unsaturated/α-hetero) is 1. The first-order valence-electron chi connectivity index (χ1n) is 10.6. The Morgan fingerprint density at radius 1 is 0.939 bits per heavy atom. The summed E-state index contributed by atoms with van der Waals surface area (Å²) in [5.74, 6) is -0.288. The van der Waals surface area contributed by atoms with Crippen LogP contribution in [-0.2, 0) is 14.8 Å². The molecule has 2 aromatic carbocycles. The van der Waals surface area contributed by atoms with Crippen LogP contribution in [0.5, 0.6) is 0 Å². The third kappa shape index (κ3) is 5.45. The van der Waals surface area contributed by atoms with Gasteiger partial charge in [0.05, 0.1) is 9.82 Å². The highest BCUT2D eigenvalue weighted by atomic mass is 32.2. The van der Waals surface area contributed by atoms with Gasteiger partial charge in [-0.1, -0.05) is 23.8 Å². The van der Waals surface area contributed by atoms with Crippen LogP contribution in [0.2, 0.25) is 0 Å². The Kier molecular flexibility index (Phi) is 7.28. The molecule has 1 amide bonds. The monoisotopic (exact) mass is 473 g/mol. The Morgan fingerprint density at radius 2 is 1.58 bits per heavy atom. The molecule has 0 spiro atoms. The van der Waals surface area contributed by atoms with Crippen LogP contribution in [0.15, 0.2) is 41.3 Å². The van der Waals surface area contributed by atoms with Gasteiger partial charge in [-0.25, -0.2) is 8.42 Å². The first kappa shape index (κ1) is 24.5. The zero-order chi connectivity index (χ0) is 24.3. The summed E-state index contributed by atoms with van der Waals surface area (Å²) in [7, 11) is -3.93. The van der Waals surface area contributed by atoms with Crippen molar-refractivity contribution in [2.24, 2.45) is 0 Å². The summed E-state index contributed by atoms with van der Waals surface area (Å²) in [5, 5.41) is 11.0. The highest BCUT2D eigenvalue weighted by Crippen LogP contribution is 2.26. The van der Waals surface area contributed by atoms with Crippen molar-refractivity contribution in [3.63, 3.8) is 0 Å². The fourth-order valence-corrected chi connectivity index (χ4v) is 5.51. The summed E-state index contributed by atoms with van der Waals surface area (Å²) in [4.78, 5) is 37.0. The van der Waals surface area contributed by atoms with E-state index in [0.717, 1.165) is 17.2 Å². The summed E-state index contributed by atoms with van der Waals surface area (Å²) in [5.41, 5.74) is 2.59. The van der Waals surface area contributed by atoms with Crippen LogP contribution in [0.3, 0.4) is 0 Å². The number of nitrogens with zero attached hydrogens (tertiary/aromatic N) is 3. The number of ketones is 1. The second-order valence-electron chi connectivity index (χ2n) is 8.23. The molecule has 1 heterocycles. The molecule has 0 N–H and O–H groups in total. The van der Waals surface area contributed by atoms with E-state index in [-0.39, 0.29) is 61.3 Å². The lowest BCUT2D eigenvalue weighted by molar-refractivity contribution is -0.385. The van der Waals surface area contributed by atoms with Gasteiger partial charge < -0.3 is 4.90 Å². The summed E-state index contributed by atoms with van der Waals surface area (Å²) < 4.78 is 27.3. The fourth-order valence-electron chi connectivity index (χ4n) is 3.85. The Labute approximate surface area is 193 Å². The van der Waals surface area contributed by atoms with E-state index in [2.05, 4.69) is 0 Å². The van der Waals surface area contributed by atoms with Crippen molar-refractivity contribution in [2.45, 2.75) is 38.5 Å².